The number of carboxylic acid groups (broad SMARTS) is 1. The van der Waals surface area contributed by atoms with Crippen LogP contribution in [-0.2, 0) is 24.1 Å². The predicted octanol–water partition coefficient (Wildman–Crippen LogP) is 2.03. The Kier molecular flexibility index (Phi) is 3.50. The molecular weight excluding hydrogens is 254 g/mol. The molecule has 1 atom stereocenters. The van der Waals surface area contributed by atoms with Crippen molar-refractivity contribution < 1.29 is 9.90 Å². The van der Waals surface area contributed by atoms with E-state index in [2.05, 4.69) is 22.2 Å². The van der Waals surface area contributed by atoms with Crippen LogP contribution in [0.2, 0.25) is 0 Å². The van der Waals surface area contributed by atoms with Gasteiger partial charge in [0.1, 0.15) is 5.82 Å². The summed E-state index contributed by atoms with van der Waals surface area (Å²) in [7, 11) is 0. The molecule has 2 heterocycles. The normalized spacial score (nSPS) is 17.7. The van der Waals surface area contributed by atoms with E-state index in [1.165, 1.54) is 5.56 Å². The highest BCUT2D eigenvalue weighted by atomic mass is 16.4. The van der Waals surface area contributed by atoms with Gasteiger partial charge in [0, 0.05) is 12.8 Å². The van der Waals surface area contributed by atoms with E-state index in [0.29, 0.717) is 6.42 Å². The number of carbonyl (C=O) groups is 1. The molecule has 1 N–H and O–H groups in total. The minimum atomic E-state index is -0.814. The van der Waals surface area contributed by atoms with Crippen LogP contribution in [0.3, 0.4) is 0 Å². The maximum absolute atomic E-state index is 11.2. The average molecular weight is 271 g/mol. The molecule has 0 radical (unpaired) electrons. The SMILES string of the molecule is O=C(O)C1CCCc2nc(CCc3ccccc3)nn21. The molecule has 1 aromatic carbocycles. The van der Waals surface area contributed by atoms with Crippen molar-refractivity contribution in [2.45, 2.75) is 38.1 Å². The zero-order valence-electron chi connectivity index (χ0n) is 11.2. The van der Waals surface area contributed by atoms with Crippen LogP contribution in [0.5, 0.6) is 0 Å². The number of benzene rings is 1. The molecule has 5 nitrogen and oxygen atoms in total. The second kappa shape index (κ2) is 5.45. The van der Waals surface area contributed by atoms with Gasteiger partial charge in [-0.05, 0) is 24.8 Å². The molecule has 2 aromatic rings. The molecule has 0 aliphatic carbocycles. The Morgan fingerprint density at radius 3 is 2.85 bits per heavy atom. The van der Waals surface area contributed by atoms with Crippen LogP contribution in [0.4, 0.5) is 0 Å². The third-order valence-electron chi connectivity index (χ3n) is 3.68. The lowest BCUT2D eigenvalue weighted by molar-refractivity contribution is -0.141. The zero-order chi connectivity index (χ0) is 13.9. The fraction of sp³-hybridized carbons (Fsp3) is 0.400. The molecular formula is C15H17N3O2. The molecule has 0 spiro atoms. The Morgan fingerprint density at radius 1 is 1.30 bits per heavy atom. The third kappa shape index (κ3) is 2.57. The Morgan fingerprint density at radius 2 is 2.10 bits per heavy atom. The van der Waals surface area contributed by atoms with Crippen LogP contribution in [0.15, 0.2) is 30.3 Å². The number of nitrogens with zero attached hydrogens (tertiary/aromatic N) is 3. The number of aromatic nitrogens is 3. The van der Waals surface area contributed by atoms with E-state index in [9.17, 15) is 9.90 Å². The number of rotatable bonds is 4. The summed E-state index contributed by atoms with van der Waals surface area (Å²) in [6.07, 6.45) is 3.96. The Balaban J connectivity index is 1.74. The molecule has 0 saturated carbocycles. The van der Waals surface area contributed by atoms with Crippen molar-refractivity contribution in [2.75, 3.05) is 0 Å². The summed E-state index contributed by atoms with van der Waals surface area (Å²) in [4.78, 5) is 15.7. The molecule has 20 heavy (non-hydrogen) atoms. The van der Waals surface area contributed by atoms with Crippen LogP contribution in [0.25, 0.3) is 0 Å². The van der Waals surface area contributed by atoms with E-state index in [-0.39, 0.29) is 0 Å². The Bertz CT molecular complexity index is 607. The van der Waals surface area contributed by atoms with Gasteiger partial charge in [0.2, 0.25) is 0 Å². The number of hydrogen-bond acceptors (Lipinski definition) is 3. The average Bonchev–Trinajstić information content (AvgIpc) is 2.88. The van der Waals surface area contributed by atoms with Crippen LogP contribution < -0.4 is 0 Å². The fourth-order valence-electron chi connectivity index (χ4n) is 2.64. The summed E-state index contributed by atoms with van der Waals surface area (Å²) in [5.74, 6) is 0.745. The minimum Gasteiger partial charge on any atom is -0.480 e. The first-order valence-electron chi connectivity index (χ1n) is 6.95. The lowest BCUT2D eigenvalue weighted by Gasteiger charge is -2.19. The lowest BCUT2D eigenvalue weighted by atomic mass is 10.1. The van der Waals surface area contributed by atoms with E-state index >= 15 is 0 Å². The quantitative estimate of drug-likeness (QED) is 0.923. The van der Waals surface area contributed by atoms with Crippen molar-refractivity contribution in [3.8, 4) is 0 Å². The minimum absolute atomic E-state index is 0.545. The Hall–Kier alpha value is -2.17. The predicted molar refractivity (Wildman–Crippen MR) is 73.5 cm³/mol. The largest absolute Gasteiger partial charge is 0.480 e. The van der Waals surface area contributed by atoms with Gasteiger partial charge in [-0.25, -0.2) is 14.5 Å². The topological polar surface area (TPSA) is 68.0 Å². The van der Waals surface area contributed by atoms with Crippen molar-refractivity contribution >= 4 is 5.97 Å². The Labute approximate surface area is 117 Å². The fourth-order valence-corrected chi connectivity index (χ4v) is 2.64. The van der Waals surface area contributed by atoms with Crippen molar-refractivity contribution in [3.05, 3.63) is 47.5 Å². The van der Waals surface area contributed by atoms with Crippen molar-refractivity contribution in [1.29, 1.82) is 0 Å². The first-order valence-corrected chi connectivity index (χ1v) is 6.95. The van der Waals surface area contributed by atoms with Gasteiger partial charge in [0.05, 0.1) is 0 Å². The van der Waals surface area contributed by atoms with Gasteiger partial charge in [-0.3, -0.25) is 0 Å². The number of aryl methyl sites for hydroxylation is 3. The number of fused-ring (bicyclic) bond motifs is 1. The summed E-state index contributed by atoms with van der Waals surface area (Å²) in [5.41, 5.74) is 1.25. The molecule has 0 fully saturated rings. The lowest BCUT2D eigenvalue weighted by Crippen LogP contribution is -2.26. The maximum atomic E-state index is 11.2. The molecule has 3 rings (SSSR count). The molecule has 0 bridgehead atoms. The van der Waals surface area contributed by atoms with Crippen molar-refractivity contribution in [2.24, 2.45) is 0 Å². The first-order chi connectivity index (χ1) is 9.74. The van der Waals surface area contributed by atoms with E-state index in [1.807, 2.05) is 18.2 Å². The van der Waals surface area contributed by atoms with Crippen LogP contribution >= 0.6 is 0 Å². The highest BCUT2D eigenvalue weighted by molar-refractivity contribution is 5.71. The maximum Gasteiger partial charge on any atom is 0.328 e. The van der Waals surface area contributed by atoms with Crippen molar-refractivity contribution in [3.63, 3.8) is 0 Å². The summed E-state index contributed by atoms with van der Waals surface area (Å²) in [5, 5.41) is 13.6. The van der Waals surface area contributed by atoms with Crippen LogP contribution in [0.1, 0.15) is 36.1 Å². The molecule has 0 saturated heterocycles. The molecule has 1 unspecified atom stereocenters. The molecule has 0 amide bonds. The van der Waals surface area contributed by atoms with E-state index in [1.54, 1.807) is 4.68 Å². The van der Waals surface area contributed by atoms with Crippen LogP contribution in [-0.4, -0.2) is 25.8 Å². The number of hydrogen-bond donors (Lipinski definition) is 1. The first kappa shape index (κ1) is 12.8. The monoisotopic (exact) mass is 271 g/mol. The van der Waals surface area contributed by atoms with E-state index in [4.69, 9.17) is 0 Å². The van der Waals surface area contributed by atoms with Crippen LogP contribution in [0, 0.1) is 0 Å². The number of aliphatic carboxylic acids is 1. The standard InChI is InChI=1S/C15H17N3O2/c19-15(20)12-7-4-8-14-16-13(17-18(12)14)10-9-11-5-2-1-3-6-11/h1-3,5-6,12H,4,7-10H2,(H,19,20). The highest BCUT2D eigenvalue weighted by Gasteiger charge is 2.28. The van der Waals surface area contributed by atoms with Gasteiger partial charge < -0.3 is 5.11 Å². The highest BCUT2D eigenvalue weighted by Crippen LogP contribution is 2.23. The second-order valence-corrected chi connectivity index (χ2v) is 5.12. The van der Waals surface area contributed by atoms with Gasteiger partial charge in [-0.2, -0.15) is 5.10 Å². The van der Waals surface area contributed by atoms with Gasteiger partial charge in [0.15, 0.2) is 11.9 Å². The molecule has 104 valence electrons. The summed E-state index contributed by atoms with van der Waals surface area (Å²) in [6.45, 7) is 0. The van der Waals surface area contributed by atoms with Gasteiger partial charge >= 0.3 is 5.97 Å². The van der Waals surface area contributed by atoms with E-state index in [0.717, 1.165) is 37.3 Å². The third-order valence-corrected chi connectivity index (χ3v) is 3.68. The molecule has 1 aliphatic rings. The van der Waals surface area contributed by atoms with Crippen molar-refractivity contribution in [1.82, 2.24) is 14.8 Å². The second-order valence-electron chi connectivity index (χ2n) is 5.12. The summed E-state index contributed by atoms with van der Waals surface area (Å²) < 4.78 is 1.60. The van der Waals surface area contributed by atoms with E-state index < -0.39 is 12.0 Å². The molecule has 5 heteroatoms. The summed E-state index contributed by atoms with van der Waals surface area (Å²) >= 11 is 0. The summed E-state index contributed by atoms with van der Waals surface area (Å²) in [6, 6.07) is 9.64. The molecule has 1 aliphatic heterocycles. The smallest absolute Gasteiger partial charge is 0.328 e. The zero-order valence-corrected chi connectivity index (χ0v) is 11.2. The van der Waals surface area contributed by atoms with Gasteiger partial charge in [-0.15, -0.1) is 0 Å². The molecule has 1 aromatic heterocycles. The number of carboxylic acids is 1. The van der Waals surface area contributed by atoms with Gasteiger partial charge in [-0.1, -0.05) is 30.3 Å². The van der Waals surface area contributed by atoms with Gasteiger partial charge in [0.25, 0.3) is 0 Å².